The number of amides is 1. The molecule has 17 heavy (non-hydrogen) atoms. The number of hydrogen-bond donors (Lipinski definition) is 0. The normalized spacial score (nSPS) is 36.4. The number of carbonyl (C=O) groups is 1. The summed E-state index contributed by atoms with van der Waals surface area (Å²) < 4.78 is 19.2. The van der Waals surface area contributed by atoms with Gasteiger partial charge in [-0.1, -0.05) is 30.3 Å². The molecule has 0 N–H and O–H groups in total. The molecule has 1 aromatic carbocycles. The zero-order valence-corrected chi connectivity index (χ0v) is 9.54. The Bertz CT molecular complexity index is 436. The van der Waals surface area contributed by atoms with Crippen LogP contribution < -0.4 is 0 Å². The molecule has 2 heterocycles. The van der Waals surface area contributed by atoms with E-state index in [4.69, 9.17) is 4.74 Å². The number of ether oxygens (including phenoxy) is 1. The Morgan fingerprint density at radius 2 is 2.06 bits per heavy atom. The maximum Gasteiger partial charge on any atom is 0.259 e. The van der Waals surface area contributed by atoms with Crippen molar-refractivity contribution in [3.05, 3.63) is 35.9 Å². The molecule has 1 aromatic rings. The Kier molecular flexibility index (Phi) is 2.40. The maximum absolute atomic E-state index is 13.5. The van der Waals surface area contributed by atoms with Crippen LogP contribution in [0.5, 0.6) is 0 Å². The predicted molar refractivity (Wildman–Crippen MR) is 59.9 cm³/mol. The third-order valence-electron chi connectivity index (χ3n) is 3.55. The van der Waals surface area contributed by atoms with E-state index in [0.717, 1.165) is 5.56 Å². The van der Waals surface area contributed by atoms with Gasteiger partial charge in [0.25, 0.3) is 5.91 Å². The van der Waals surface area contributed by atoms with Gasteiger partial charge in [-0.15, -0.1) is 0 Å². The van der Waals surface area contributed by atoms with E-state index >= 15 is 0 Å². The topological polar surface area (TPSA) is 29.5 Å². The van der Waals surface area contributed by atoms with Crippen LogP contribution in [0, 0.1) is 0 Å². The molecule has 90 valence electrons. The Morgan fingerprint density at radius 1 is 1.35 bits per heavy atom. The van der Waals surface area contributed by atoms with Crippen LogP contribution in [0.1, 0.15) is 25.1 Å². The molecule has 0 spiro atoms. The van der Waals surface area contributed by atoms with E-state index in [2.05, 4.69) is 0 Å². The lowest BCUT2D eigenvalue weighted by atomic mass is 10.1. The third kappa shape index (κ3) is 1.55. The molecule has 2 aliphatic heterocycles. The quantitative estimate of drug-likeness (QED) is 0.745. The second-order valence-corrected chi connectivity index (χ2v) is 4.62. The first-order valence-corrected chi connectivity index (χ1v) is 5.85. The minimum Gasteiger partial charge on any atom is -0.349 e. The van der Waals surface area contributed by atoms with Crippen molar-refractivity contribution in [2.24, 2.45) is 0 Å². The lowest BCUT2D eigenvalue weighted by Gasteiger charge is -2.22. The fraction of sp³-hybridized carbons (Fsp3) is 0.462. The average Bonchev–Trinajstić information content (AvgIpc) is 2.81. The van der Waals surface area contributed by atoms with Crippen LogP contribution in [0.2, 0.25) is 0 Å². The molecule has 2 saturated heterocycles. The van der Waals surface area contributed by atoms with Gasteiger partial charge < -0.3 is 9.64 Å². The van der Waals surface area contributed by atoms with Crippen LogP contribution in [0.4, 0.5) is 4.39 Å². The van der Waals surface area contributed by atoms with E-state index in [1.54, 1.807) is 4.90 Å². The molecule has 1 amide bonds. The Labute approximate surface area is 99.2 Å². The number of alkyl halides is 1. The molecule has 0 aromatic heterocycles. The smallest absolute Gasteiger partial charge is 0.259 e. The van der Waals surface area contributed by atoms with Crippen molar-refractivity contribution in [3.8, 4) is 0 Å². The molecule has 0 saturated carbocycles. The molecular formula is C13H14FNO2. The molecule has 4 unspecified atom stereocenters. The van der Waals surface area contributed by atoms with Crippen molar-refractivity contribution < 1.29 is 13.9 Å². The lowest BCUT2D eigenvalue weighted by Crippen LogP contribution is -2.33. The minimum absolute atomic E-state index is 0.107. The highest BCUT2D eigenvalue weighted by atomic mass is 19.1. The van der Waals surface area contributed by atoms with E-state index in [0.29, 0.717) is 0 Å². The van der Waals surface area contributed by atoms with Gasteiger partial charge in [-0.05, 0) is 6.92 Å². The molecule has 2 aliphatic rings. The van der Waals surface area contributed by atoms with Crippen LogP contribution >= 0.6 is 0 Å². The summed E-state index contributed by atoms with van der Waals surface area (Å²) in [5, 5.41) is 0. The SMILES string of the molecule is CC1OC(c2ccccc2)N2C(=O)C(F)CC12. The van der Waals surface area contributed by atoms with Gasteiger partial charge in [0.15, 0.2) is 12.4 Å². The molecule has 2 fully saturated rings. The van der Waals surface area contributed by atoms with E-state index in [1.165, 1.54) is 0 Å². The fourth-order valence-electron chi connectivity index (χ4n) is 2.68. The number of fused-ring (bicyclic) bond motifs is 1. The number of rotatable bonds is 1. The van der Waals surface area contributed by atoms with Crippen molar-refractivity contribution in [2.75, 3.05) is 0 Å². The number of halogens is 1. The van der Waals surface area contributed by atoms with Gasteiger partial charge in [-0.2, -0.15) is 0 Å². The van der Waals surface area contributed by atoms with Gasteiger partial charge in [0.1, 0.15) is 0 Å². The van der Waals surface area contributed by atoms with E-state index < -0.39 is 18.3 Å². The molecular weight excluding hydrogens is 221 g/mol. The van der Waals surface area contributed by atoms with Gasteiger partial charge in [0.2, 0.25) is 0 Å². The van der Waals surface area contributed by atoms with E-state index in [1.807, 2.05) is 37.3 Å². The number of benzene rings is 1. The molecule has 0 aliphatic carbocycles. The zero-order valence-electron chi connectivity index (χ0n) is 9.54. The van der Waals surface area contributed by atoms with Gasteiger partial charge in [-0.3, -0.25) is 4.79 Å². The average molecular weight is 235 g/mol. The summed E-state index contributed by atoms with van der Waals surface area (Å²) in [6.07, 6.45) is -1.64. The Hall–Kier alpha value is -1.42. The first-order valence-electron chi connectivity index (χ1n) is 5.85. The molecule has 0 radical (unpaired) electrons. The van der Waals surface area contributed by atoms with Crippen LogP contribution in [-0.4, -0.2) is 29.1 Å². The Balaban J connectivity index is 1.95. The number of hydrogen-bond acceptors (Lipinski definition) is 2. The Morgan fingerprint density at radius 3 is 2.76 bits per heavy atom. The highest BCUT2D eigenvalue weighted by molar-refractivity contribution is 5.84. The van der Waals surface area contributed by atoms with Crippen molar-refractivity contribution in [1.82, 2.24) is 4.90 Å². The second-order valence-electron chi connectivity index (χ2n) is 4.62. The standard InChI is InChI=1S/C13H14FNO2/c1-8-11-7-10(14)12(16)15(11)13(17-8)9-5-3-2-4-6-9/h2-6,8,10-11,13H,7H2,1H3. The second kappa shape index (κ2) is 3.81. The molecule has 3 nitrogen and oxygen atoms in total. The third-order valence-corrected chi connectivity index (χ3v) is 3.55. The monoisotopic (exact) mass is 235 g/mol. The van der Waals surface area contributed by atoms with Crippen LogP contribution in [0.25, 0.3) is 0 Å². The highest BCUT2D eigenvalue weighted by Gasteiger charge is 2.51. The summed E-state index contributed by atoms with van der Waals surface area (Å²) in [4.78, 5) is 13.3. The van der Waals surface area contributed by atoms with Gasteiger partial charge >= 0.3 is 0 Å². The summed E-state index contributed by atoms with van der Waals surface area (Å²) in [6.45, 7) is 1.89. The van der Waals surface area contributed by atoms with Crippen molar-refractivity contribution in [1.29, 1.82) is 0 Å². The van der Waals surface area contributed by atoms with Crippen LogP contribution in [0.15, 0.2) is 30.3 Å². The van der Waals surface area contributed by atoms with Gasteiger partial charge in [0, 0.05) is 12.0 Å². The van der Waals surface area contributed by atoms with Gasteiger partial charge in [-0.25, -0.2) is 4.39 Å². The largest absolute Gasteiger partial charge is 0.349 e. The summed E-state index contributed by atoms with van der Waals surface area (Å²) in [5.41, 5.74) is 0.907. The van der Waals surface area contributed by atoms with Crippen molar-refractivity contribution in [2.45, 2.75) is 37.9 Å². The fourth-order valence-corrected chi connectivity index (χ4v) is 2.68. The number of carbonyl (C=O) groups excluding carboxylic acids is 1. The first kappa shape index (κ1) is 10.7. The highest BCUT2D eigenvalue weighted by Crippen LogP contribution is 2.41. The summed E-state index contributed by atoms with van der Waals surface area (Å²) in [7, 11) is 0. The summed E-state index contributed by atoms with van der Waals surface area (Å²) in [5.74, 6) is -0.437. The van der Waals surface area contributed by atoms with Crippen LogP contribution in [0.3, 0.4) is 0 Å². The summed E-state index contributed by atoms with van der Waals surface area (Å²) >= 11 is 0. The maximum atomic E-state index is 13.5. The molecule has 4 heteroatoms. The molecule has 0 bridgehead atoms. The van der Waals surface area contributed by atoms with Crippen molar-refractivity contribution in [3.63, 3.8) is 0 Å². The van der Waals surface area contributed by atoms with E-state index in [-0.39, 0.29) is 18.6 Å². The zero-order chi connectivity index (χ0) is 12.0. The van der Waals surface area contributed by atoms with Crippen molar-refractivity contribution >= 4 is 5.91 Å². The van der Waals surface area contributed by atoms with Gasteiger partial charge in [0.05, 0.1) is 12.1 Å². The first-order chi connectivity index (χ1) is 8.18. The van der Waals surface area contributed by atoms with Crippen LogP contribution in [-0.2, 0) is 9.53 Å². The predicted octanol–water partition coefficient (Wildman–Crippen LogP) is 2.04. The molecule has 4 atom stereocenters. The van der Waals surface area contributed by atoms with E-state index in [9.17, 15) is 9.18 Å². The molecule has 3 rings (SSSR count). The summed E-state index contributed by atoms with van der Waals surface area (Å²) in [6, 6.07) is 9.37. The minimum atomic E-state index is -1.36. The lowest BCUT2D eigenvalue weighted by molar-refractivity contribution is -0.138. The number of nitrogens with zero attached hydrogens (tertiary/aromatic N) is 1.